The molecule has 1 aliphatic heterocycles. The van der Waals surface area contributed by atoms with Gasteiger partial charge in [0.05, 0.1) is 13.2 Å². The molecule has 2 aliphatic rings. The van der Waals surface area contributed by atoms with Crippen LogP contribution in [0.1, 0.15) is 89.0 Å². The Kier molecular flexibility index (Phi) is 14.6. The molecule has 2 fully saturated rings. The molecule has 0 radical (unpaired) electrons. The highest BCUT2D eigenvalue weighted by atomic mass is 32.2. The van der Waals surface area contributed by atoms with Crippen LogP contribution in [0.25, 0.3) is 0 Å². The summed E-state index contributed by atoms with van der Waals surface area (Å²) in [5.74, 6) is 0. The van der Waals surface area contributed by atoms with Gasteiger partial charge in [-0.2, -0.15) is 4.31 Å². The second-order valence-corrected chi connectivity index (χ2v) is 11.7. The number of nitrogens with one attached hydrogen (secondary N) is 2. The van der Waals surface area contributed by atoms with Gasteiger partial charge < -0.3 is 15.4 Å². The van der Waals surface area contributed by atoms with Crippen molar-refractivity contribution in [2.45, 2.75) is 95.6 Å². The first-order valence-electron chi connectivity index (χ1n) is 14.7. The maximum Gasteiger partial charge on any atom is 0.315 e. The number of carbonyl (C=O) groups is 1. The van der Waals surface area contributed by atoms with Crippen LogP contribution in [0.15, 0.2) is 24.5 Å². The van der Waals surface area contributed by atoms with Crippen LogP contribution in [-0.2, 0) is 22.5 Å². The maximum absolute atomic E-state index is 12.4. The molecule has 0 bridgehead atoms. The highest BCUT2D eigenvalue weighted by Gasteiger charge is 2.40. The predicted molar refractivity (Wildman–Crippen MR) is 152 cm³/mol. The van der Waals surface area contributed by atoms with E-state index >= 15 is 0 Å². The third-order valence-corrected chi connectivity index (χ3v) is 8.92. The average Bonchev–Trinajstić information content (AvgIpc) is 2.94. The number of urea groups is 1. The summed E-state index contributed by atoms with van der Waals surface area (Å²) in [4.78, 5) is 18.4. The third kappa shape index (κ3) is 11.3. The molecule has 1 unspecified atom stereocenters. The molecule has 3 N–H and O–H groups in total. The molecule has 1 saturated heterocycles. The van der Waals surface area contributed by atoms with Crippen LogP contribution in [0.4, 0.5) is 4.79 Å². The topological polar surface area (TPSA) is 107 Å². The molecule has 3 rings (SSSR count). The van der Waals surface area contributed by atoms with E-state index in [1.54, 1.807) is 12.4 Å². The number of carbonyl (C=O) groups excluding carboxylic acids is 1. The van der Waals surface area contributed by atoms with E-state index in [0.717, 1.165) is 109 Å². The van der Waals surface area contributed by atoms with E-state index in [1.165, 1.54) is 12.8 Å². The first kappa shape index (κ1) is 30.9. The third-order valence-electron chi connectivity index (χ3n) is 7.97. The van der Waals surface area contributed by atoms with Crippen LogP contribution >= 0.6 is 0 Å². The van der Waals surface area contributed by atoms with E-state index < -0.39 is 11.3 Å². The monoisotopic (exact) mass is 551 g/mol. The number of pyridine rings is 1. The fourth-order valence-electron chi connectivity index (χ4n) is 5.81. The maximum atomic E-state index is 12.4. The lowest BCUT2D eigenvalue weighted by molar-refractivity contribution is 0.0346. The Morgan fingerprint density at radius 2 is 1.79 bits per heavy atom. The molecule has 2 heterocycles. The van der Waals surface area contributed by atoms with E-state index in [9.17, 15) is 13.6 Å². The lowest BCUT2D eigenvalue weighted by Gasteiger charge is -2.44. The Morgan fingerprint density at radius 1 is 1.05 bits per heavy atom. The van der Waals surface area contributed by atoms with Crippen molar-refractivity contribution in [3.8, 4) is 0 Å². The number of rotatable bonds is 17. The van der Waals surface area contributed by atoms with Gasteiger partial charge >= 0.3 is 6.03 Å². The van der Waals surface area contributed by atoms with Gasteiger partial charge in [0.25, 0.3) is 0 Å². The number of aromatic nitrogens is 1. The number of unbranched alkanes of at least 4 members (excludes halogenated alkanes) is 5. The number of hydrogen-bond acceptors (Lipinski definition) is 5. The summed E-state index contributed by atoms with van der Waals surface area (Å²) in [6, 6.07) is 3.67. The highest BCUT2D eigenvalue weighted by Crippen LogP contribution is 2.39. The van der Waals surface area contributed by atoms with Crippen molar-refractivity contribution in [3.63, 3.8) is 0 Å². The summed E-state index contributed by atoms with van der Waals surface area (Å²) >= 11 is -1.93. The lowest BCUT2D eigenvalue weighted by atomic mass is 9.78. The van der Waals surface area contributed by atoms with Gasteiger partial charge in [0, 0.05) is 50.7 Å². The van der Waals surface area contributed by atoms with E-state index in [4.69, 9.17) is 4.74 Å². The highest BCUT2D eigenvalue weighted by molar-refractivity contribution is 7.76. The van der Waals surface area contributed by atoms with Gasteiger partial charge in [-0.3, -0.25) is 14.4 Å². The largest absolute Gasteiger partial charge is 0.379 e. The van der Waals surface area contributed by atoms with Crippen LogP contribution in [0.3, 0.4) is 0 Å². The lowest BCUT2D eigenvalue weighted by Crippen LogP contribution is -2.51. The summed E-state index contributed by atoms with van der Waals surface area (Å²) in [7, 11) is 0. The molecule has 10 heteroatoms. The van der Waals surface area contributed by atoms with E-state index in [-0.39, 0.29) is 11.6 Å². The molecule has 216 valence electrons. The van der Waals surface area contributed by atoms with Crippen molar-refractivity contribution >= 4 is 17.3 Å². The average molecular weight is 552 g/mol. The summed E-state index contributed by atoms with van der Waals surface area (Å²) < 4.78 is 30.1. The number of nitrogens with zero attached hydrogens (tertiary/aromatic N) is 3. The normalized spacial score (nSPS) is 18.8. The Hall–Kier alpha value is -1.59. The minimum Gasteiger partial charge on any atom is -0.379 e. The molecule has 2 amide bonds. The zero-order valence-corrected chi connectivity index (χ0v) is 23.9. The second-order valence-electron chi connectivity index (χ2n) is 10.8. The molecule has 0 aromatic carbocycles. The smallest absolute Gasteiger partial charge is 0.315 e. The standard InChI is InChI=1S/C28H49N5O4S/c34-27(31-25-26-12-10-16-29-24-26)30-17-9-4-2-1-3-6-13-28(14-7-5-8-15-28)33(38(35)36)19-11-18-32-20-22-37-23-21-32/h10,12,16,24H,1-9,11,13-15,17-23,25H2,(H,35,36)(H2,30,31,34). The molecule has 38 heavy (non-hydrogen) atoms. The molecule has 1 aromatic rings. The molecule has 0 spiro atoms. The number of ether oxygens (including phenoxy) is 1. The Morgan fingerprint density at radius 3 is 2.50 bits per heavy atom. The molecule has 1 atom stereocenters. The van der Waals surface area contributed by atoms with Crippen LogP contribution in [-0.4, -0.2) is 80.5 Å². The molecular weight excluding hydrogens is 502 g/mol. The summed E-state index contributed by atoms with van der Waals surface area (Å²) in [6.45, 7) is 6.32. The van der Waals surface area contributed by atoms with Crippen molar-refractivity contribution in [1.82, 2.24) is 24.8 Å². The fraction of sp³-hybridized carbons (Fsp3) is 0.786. The van der Waals surface area contributed by atoms with E-state index in [2.05, 4.69) is 20.5 Å². The molecular formula is C28H49N5O4S. The predicted octanol–water partition coefficient (Wildman–Crippen LogP) is 4.48. The minimum absolute atomic E-state index is 0.129. The minimum atomic E-state index is -1.93. The number of amides is 2. The molecule has 1 aliphatic carbocycles. The Labute approximate surface area is 231 Å². The van der Waals surface area contributed by atoms with Crippen molar-refractivity contribution in [3.05, 3.63) is 30.1 Å². The van der Waals surface area contributed by atoms with Crippen molar-refractivity contribution in [2.24, 2.45) is 0 Å². The van der Waals surface area contributed by atoms with Gasteiger partial charge in [-0.25, -0.2) is 9.00 Å². The van der Waals surface area contributed by atoms with Crippen LogP contribution in [0.2, 0.25) is 0 Å². The van der Waals surface area contributed by atoms with Gasteiger partial charge in [-0.1, -0.05) is 57.4 Å². The van der Waals surface area contributed by atoms with Gasteiger partial charge in [-0.15, -0.1) is 0 Å². The number of hydrogen-bond donors (Lipinski definition) is 3. The zero-order chi connectivity index (χ0) is 26.9. The molecule has 9 nitrogen and oxygen atoms in total. The summed E-state index contributed by atoms with van der Waals surface area (Å²) in [5, 5.41) is 5.78. The van der Waals surface area contributed by atoms with E-state index in [0.29, 0.717) is 19.6 Å². The Balaban J connectivity index is 1.28. The zero-order valence-electron chi connectivity index (χ0n) is 23.1. The first-order chi connectivity index (χ1) is 18.6. The van der Waals surface area contributed by atoms with Crippen molar-refractivity contribution in [1.29, 1.82) is 0 Å². The van der Waals surface area contributed by atoms with Crippen LogP contribution in [0.5, 0.6) is 0 Å². The van der Waals surface area contributed by atoms with Crippen molar-refractivity contribution < 1.29 is 18.3 Å². The quantitative estimate of drug-likeness (QED) is 0.195. The Bertz CT molecular complexity index is 804. The summed E-state index contributed by atoms with van der Waals surface area (Å²) in [5.41, 5.74) is 0.856. The van der Waals surface area contributed by atoms with Gasteiger partial charge in [0.2, 0.25) is 11.3 Å². The number of morpholine rings is 1. The first-order valence-corrected chi connectivity index (χ1v) is 15.7. The second kappa shape index (κ2) is 17.9. The molecule has 1 saturated carbocycles. The van der Waals surface area contributed by atoms with Gasteiger partial charge in [0.1, 0.15) is 0 Å². The van der Waals surface area contributed by atoms with E-state index in [1.807, 2.05) is 16.4 Å². The van der Waals surface area contributed by atoms with Gasteiger partial charge in [-0.05, 0) is 50.3 Å². The SMILES string of the molecule is O=C(NCCCCCCCCC1(N(CCCN2CCOCC2)S(=O)O)CCCCC1)NCc1cccnc1. The summed E-state index contributed by atoms with van der Waals surface area (Å²) in [6.07, 6.45) is 17.7. The molecule has 1 aromatic heterocycles. The van der Waals surface area contributed by atoms with Crippen LogP contribution < -0.4 is 10.6 Å². The van der Waals surface area contributed by atoms with Crippen molar-refractivity contribution in [2.75, 3.05) is 45.9 Å². The van der Waals surface area contributed by atoms with Crippen LogP contribution in [0, 0.1) is 0 Å². The fourth-order valence-corrected chi connectivity index (χ4v) is 6.70. The van der Waals surface area contributed by atoms with Gasteiger partial charge in [0.15, 0.2) is 0 Å².